The van der Waals surface area contributed by atoms with Crippen LogP contribution in [0.25, 0.3) is 56.2 Å². The number of benzene rings is 4. The van der Waals surface area contributed by atoms with E-state index < -0.39 is 23.0 Å². The average molecular weight is 537 g/mol. The summed E-state index contributed by atoms with van der Waals surface area (Å²) in [5.41, 5.74) is 6.47. The van der Waals surface area contributed by atoms with E-state index in [2.05, 4.69) is 9.97 Å². The number of rotatable bonds is 5. The molecule has 0 atom stereocenters. The van der Waals surface area contributed by atoms with Gasteiger partial charge >= 0.3 is 0 Å². The van der Waals surface area contributed by atoms with Crippen molar-refractivity contribution >= 4 is 13.3 Å². The molecule has 0 radical (unpaired) electrons. The zero-order valence-corrected chi connectivity index (χ0v) is 22.0. The molecule has 4 aromatic carbocycles. The third kappa shape index (κ3) is 4.83. The second-order valence-corrected chi connectivity index (χ2v) is 9.62. The maximum Gasteiger partial charge on any atom is 0.200 e. The third-order valence-electron chi connectivity index (χ3n) is 7.02. The molecule has 0 fully saturated rings. The second-order valence-electron chi connectivity index (χ2n) is 9.62. The van der Waals surface area contributed by atoms with Crippen LogP contribution < -0.4 is 5.46 Å². The minimum atomic E-state index is -0.753. The maximum absolute atomic E-state index is 10.9. The van der Waals surface area contributed by atoms with E-state index in [1.807, 2.05) is 97.1 Å². The Balaban J connectivity index is 1.54. The standard InChI is InChI=1S/C33H24BN3O4/c34-28-29(38)27(30(39)32(41)31(28)40)33-36-25(21-13-11-20(12-14-21)19-6-2-1-3-7-19)17-26(37-33)23-9-4-8-22(16-23)24-10-5-15-35-18-24/h1-18,38-41H,34H2. The van der Waals surface area contributed by atoms with Crippen molar-refractivity contribution in [3.05, 3.63) is 109 Å². The van der Waals surface area contributed by atoms with Crippen LogP contribution in [0.5, 0.6) is 23.0 Å². The van der Waals surface area contributed by atoms with Gasteiger partial charge in [-0.1, -0.05) is 78.9 Å². The Hall–Kier alpha value is -5.63. The topological polar surface area (TPSA) is 120 Å². The van der Waals surface area contributed by atoms with Crippen molar-refractivity contribution in [2.24, 2.45) is 0 Å². The van der Waals surface area contributed by atoms with Gasteiger partial charge in [0.05, 0.1) is 11.4 Å². The van der Waals surface area contributed by atoms with Crippen molar-refractivity contribution in [2.45, 2.75) is 0 Å². The molecule has 0 amide bonds. The normalized spacial score (nSPS) is 10.9. The average Bonchev–Trinajstić information content (AvgIpc) is 3.04. The van der Waals surface area contributed by atoms with Gasteiger partial charge in [-0.2, -0.15) is 0 Å². The first kappa shape index (κ1) is 25.6. The van der Waals surface area contributed by atoms with Crippen molar-refractivity contribution in [1.29, 1.82) is 0 Å². The van der Waals surface area contributed by atoms with Crippen LogP contribution in [0.15, 0.2) is 109 Å². The van der Waals surface area contributed by atoms with Crippen LogP contribution in [0.1, 0.15) is 0 Å². The number of phenolic OH excluding ortho intramolecular Hbond substituents is 4. The Bertz CT molecular complexity index is 1850. The number of hydrogen-bond donors (Lipinski definition) is 4. The van der Waals surface area contributed by atoms with Crippen molar-refractivity contribution in [3.8, 4) is 79.2 Å². The van der Waals surface area contributed by atoms with Gasteiger partial charge in [-0.25, -0.2) is 9.97 Å². The molecule has 7 nitrogen and oxygen atoms in total. The van der Waals surface area contributed by atoms with Gasteiger partial charge in [0.25, 0.3) is 0 Å². The fourth-order valence-corrected chi connectivity index (χ4v) is 4.74. The van der Waals surface area contributed by atoms with Gasteiger partial charge in [0, 0.05) is 29.1 Å². The minimum absolute atomic E-state index is 0.00311. The second kappa shape index (κ2) is 10.5. The van der Waals surface area contributed by atoms with Crippen molar-refractivity contribution in [2.75, 3.05) is 0 Å². The first-order valence-corrected chi connectivity index (χ1v) is 12.9. The molecule has 8 heteroatoms. The van der Waals surface area contributed by atoms with E-state index in [9.17, 15) is 20.4 Å². The van der Waals surface area contributed by atoms with Gasteiger partial charge < -0.3 is 20.4 Å². The molecule has 2 heterocycles. The van der Waals surface area contributed by atoms with Crippen LogP contribution >= 0.6 is 0 Å². The predicted molar refractivity (Wildman–Crippen MR) is 162 cm³/mol. The van der Waals surface area contributed by atoms with E-state index in [-0.39, 0.29) is 16.9 Å². The zero-order chi connectivity index (χ0) is 28.5. The van der Waals surface area contributed by atoms with E-state index >= 15 is 0 Å². The number of phenols is 4. The Morgan fingerprint density at radius 2 is 1.10 bits per heavy atom. The molecule has 6 rings (SSSR count). The van der Waals surface area contributed by atoms with Crippen LogP contribution in [0, 0.1) is 0 Å². The minimum Gasteiger partial charge on any atom is -0.507 e. The third-order valence-corrected chi connectivity index (χ3v) is 7.02. The summed E-state index contributed by atoms with van der Waals surface area (Å²) in [5, 5.41) is 42.2. The first-order valence-electron chi connectivity index (χ1n) is 12.9. The molecule has 0 aliphatic heterocycles. The predicted octanol–water partition coefficient (Wildman–Crippen LogP) is 5.29. The fraction of sp³-hybridized carbons (Fsp3) is 0. The Morgan fingerprint density at radius 3 is 1.80 bits per heavy atom. The van der Waals surface area contributed by atoms with Crippen molar-refractivity contribution in [3.63, 3.8) is 0 Å². The van der Waals surface area contributed by atoms with Gasteiger partial charge in [0.2, 0.25) is 5.75 Å². The van der Waals surface area contributed by atoms with Gasteiger partial charge in [-0.05, 0) is 40.4 Å². The van der Waals surface area contributed by atoms with E-state index in [1.165, 1.54) is 7.85 Å². The fourth-order valence-electron chi connectivity index (χ4n) is 4.74. The Kier molecular flexibility index (Phi) is 6.57. The lowest BCUT2D eigenvalue weighted by atomic mass is 9.90. The van der Waals surface area contributed by atoms with Gasteiger partial charge in [0.1, 0.15) is 19.2 Å². The highest BCUT2D eigenvalue weighted by atomic mass is 16.3. The van der Waals surface area contributed by atoms with Gasteiger partial charge in [-0.15, -0.1) is 0 Å². The largest absolute Gasteiger partial charge is 0.507 e. The van der Waals surface area contributed by atoms with E-state index in [0.29, 0.717) is 11.4 Å². The van der Waals surface area contributed by atoms with Crippen molar-refractivity contribution < 1.29 is 20.4 Å². The molecule has 0 saturated carbocycles. The Morgan fingerprint density at radius 1 is 0.488 bits per heavy atom. The van der Waals surface area contributed by atoms with Crippen LogP contribution in [-0.2, 0) is 0 Å². The van der Waals surface area contributed by atoms with Gasteiger partial charge in [-0.3, -0.25) is 4.98 Å². The summed E-state index contributed by atoms with van der Waals surface area (Å²) in [7, 11) is 1.43. The highest BCUT2D eigenvalue weighted by molar-refractivity contribution is 6.37. The zero-order valence-electron chi connectivity index (χ0n) is 22.0. The molecule has 198 valence electrons. The number of hydrogen-bond acceptors (Lipinski definition) is 7. The summed E-state index contributed by atoms with van der Waals surface area (Å²) in [6, 6.07) is 31.4. The van der Waals surface area contributed by atoms with Crippen LogP contribution in [0.4, 0.5) is 0 Å². The van der Waals surface area contributed by atoms with Crippen LogP contribution in [0.3, 0.4) is 0 Å². The van der Waals surface area contributed by atoms with Crippen molar-refractivity contribution in [1.82, 2.24) is 15.0 Å². The summed E-state index contributed by atoms with van der Waals surface area (Å²) in [6.07, 6.45) is 3.50. The van der Waals surface area contributed by atoms with E-state index in [1.54, 1.807) is 12.4 Å². The summed E-state index contributed by atoms with van der Waals surface area (Å²) < 4.78 is 0. The molecule has 0 unspecified atom stereocenters. The molecule has 0 bridgehead atoms. The SMILES string of the molecule is Bc1c(O)c(O)c(O)c(-c2nc(-c3ccc(-c4ccccc4)cc3)cc(-c3cccc(-c4cccnc4)c3)n2)c1O. The maximum atomic E-state index is 10.9. The molecule has 41 heavy (non-hydrogen) atoms. The summed E-state index contributed by atoms with van der Waals surface area (Å²) in [4.78, 5) is 13.6. The summed E-state index contributed by atoms with van der Waals surface area (Å²) >= 11 is 0. The monoisotopic (exact) mass is 537 g/mol. The molecule has 2 aromatic heterocycles. The molecule has 6 aromatic rings. The molecule has 0 saturated heterocycles. The van der Waals surface area contributed by atoms with Crippen LogP contribution in [0.2, 0.25) is 0 Å². The number of pyridine rings is 1. The molecule has 4 N–H and O–H groups in total. The highest BCUT2D eigenvalue weighted by Gasteiger charge is 2.25. The quantitative estimate of drug-likeness (QED) is 0.134. The van der Waals surface area contributed by atoms with E-state index in [4.69, 9.17) is 4.98 Å². The van der Waals surface area contributed by atoms with E-state index in [0.717, 1.165) is 33.4 Å². The molecule has 0 aliphatic carbocycles. The van der Waals surface area contributed by atoms with Crippen LogP contribution in [-0.4, -0.2) is 43.2 Å². The number of aromatic hydroxyl groups is 4. The summed E-state index contributed by atoms with van der Waals surface area (Å²) in [5.74, 6) is -2.51. The van der Waals surface area contributed by atoms with Gasteiger partial charge in [0.15, 0.2) is 17.3 Å². The smallest absolute Gasteiger partial charge is 0.200 e. The molecule has 0 spiro atoms. The lowest BCUT2D eigenvalue weighted by molar-refractivity contribution is 0.365. The Labute approximate surface area is 237 Å². The lowest BCUT2D eigenvalue weighted by Gasteiger charge is -2.15. The summed E-state index contributed by atoms with van der Waals surface area (Å²) in [6.45, 7) is 0. The lowest BCUT2D eigenvalue weighted by Crippen LogP contribution is -2.07. The number of nitrogens with zero attached hydrogens (tertiary/aromatic N) is 3. The highest BCUT2D eigenvalue weighted by Crippen LogP contribution is 2.46. The first-order chi connectivity index (χ1) is 19.9. The molecule has 0 aliphatic rings. The number of aromatic nitrogens is 3. The molecular formula is C33H24BN3O4. The molecular weight excluding hydrogens is 513 g/mol.